The molecule has 6 nitrogen and oxygen atoms in total. The number of hydrogen-bond donors (Lipinski definition) is 0. The van der Waals surface area contributed by atoms with Crippen LogP contribution >= 0.6 is 0 Å². The van der Waals surface area contributed by atoms with Crippen LogP contribution in [0.15, 0.2) is 6.20 Å². The molecular weight excluding hydrogens is 252 g/mol. The molecule has 1 aliphatic heterocycles. The zero-order chi connectivity index (χ0) is 14.3. The molecule has 0 saturated heterocycles. The van der Waals surface area contributed by atoms with E-state index in [4.69, 9.17) is 4.98 Å². The first kappa shape index (κ1) is 13.3. The Morgan fingerprint density at radius 1 is 1.30 bits per heavy atom. The van der Waals surface area contributed by atoms with E-state index < -0.39 is 0 Å². The van der Waals surface area contributed by atoms with E-state index in [0.717, 1.165) is 31.7 Å². The molecular formula is C14H22N6. The van der Waals surface area contributed by atoms with Gasteiger partial charge < -0.3 is 4.57 Å². The molecule has 2 aromatic heterocycles. The second kappa shape index (κ2) is 5.01. The average molecular weight is 274 g/mol. The van der Waals surface area contributed by atoms with Gasteiger partial charge in [-0.15, -0.1) is 5.10 Å². The Kier molecular flexibility index (Phi) is 3.33. The van der Waals surface area contributed by atoms with Crippen molar-refractivity contribution in [2.75, 3.05) is 6.54 Å². The van der Waals surface area contributed by atoms with Crippen LogP contribution in [0.1, 0.15) is 42.7 Å². The van der Waals surface area contributed by atoms with E-state index in [1.807, 2.05) is 13.2 Å². The van der Waals surface area contributed by atoms with Crippen molar-refractivity contribution >= 4 is 0 Å². The molecule has 108 valence electrons. The number of hydrogen-bond acceptors (Lipinski definition) is 4. The molecule has 0 N–H and O–H groups in total. The Labute approximate surface area is 119 Å². The minimum atomic E-state index is 0.471. The first-order valence-electron chi connectivity index (χ1n) is 7.16. The molecule has 0 aliphatic carbocycles. The van der Waals surface area contributed by atoms with Gasteiger partial charge >= 0.3 is 0 Å². The van der Waals surface area contributed by atoms with Gasteiger partial charge in [0.1, 0.15) is 5.82 Å². The SMILES string of the molecule is CC(C)c1nc2c(n1C)CCN(Cc1cn(C)nn1)C2. The maximum atomic E-state index is 4.83. The molecule has 1 aliphatic rings. The maximum absolute atomic E-state index is 4.83. The largest absolute Gasteiger partial charge is 0.335 e. The van der Waals surface area contributed by atoms with Crippen molar-refractivity contribution in [2.45, 2.75) is 39.3 Å². The predicted molar refractivity (Wildman–Crippen MR) is 76.1 cm³/mol. The van der Waals surface area contributed by atoms with Gasteiger partial charge in [-0.2, -0.15) is 0 Å². The molecule has 3 rings (SSSR count). The van der Waals surface area contributed by atoms with Gasteiger partial charge in [-0.3, -0.25) is 9.58 Å². The van der Waals surface area contributed by atoms with Crippen LogP contribution in [0.4, 0.5) is 0 Å². The Morgan fingerprint density at radius 3 is 2.75 bits per heavy atom. The first-order valence-corrected chi connectivity index (χ1v) is 7.16. The lowest BCUT2D eigenvalue weighted by Gasteiger charge is -2.25. The minimum Gasteiger partial charge on any atom is -0.335 e. The summed E-state index contributed by atoms with van der Waals surface area (Å²) in [6.45, 7) is 7.21. The third-order valence-corrected chi connectivity index (χ3v) is 3.92. The van der Waals surface area contributed by atoms with E-state index in [0.29, 0.717) is 5.92 Å². The number of imidazole rings is 1. The Bertz CT molecular complexity index is 609. The first-order chi connectivity index (χ1) is 9.54. The second-order valence-corrected chi connectivity index (χ2v) is 5.92. The van der Waals surface area contributed by atoms with Crippen molar-refractivity contribution in [1.29, 1.82) is 0 Å². The van der Waals surface area contributed by atoms with Crippen molar-refractivity contribution in [3.05, 3.63) is 29.1 Å². The molecule has 20 heavy (non-hydrogen) atoms. The summed E-state index contributed by atoms with van der Waals surface area (Å²) in [5.74, 6) is 1.66. The molecule has 3 heterocycles. The topological polar surface area (TPSA) is 51.8 Å². The van der Waals surface area contributed by atoms with E-state index >= 15 is 0 Å². The summed E-state index contributed by atoms with van der Waals surface area (Å²) in [4.78, 5) is 7.22. The van der Waals surface area contributed by atoms with Crippen molar-refractivity contribution in [1.82, 2.24) is 29.4 Å². The zero-order valence-electron chi connectivity index (χ0n) is 12.7. The minimum absolute atomic E-state index is 0.471. The van der Waals surface area contributed by atoms with Crippen LogP contribution in [-0.2, 0) is 33.6 Å². The number of nitrogens with zero attached hydrogens (tertiary/aromatic N) is 6. The highest BCUT2D eigenvalue weighted by molar-refractivity contribution is 5.21. The smallest absolute Gasteiger partial charge is 0.111 e. The molecule has 0 saturated carbocycles. The van der Waals surface area contributed by atoms with Gasteiger partial charge in [0.15, 0.2) is 0 Å². The van der Waals surface area contributed by atoms with Crippen LogP contribution in [0.2, 0.25) is 0 Å². The van der Waals surface area contributed by atoms with Crippen molar-refractivity contribution < 1.29 is 0 Å². The quantitative estimate of drug-likeness (QED) is 0.845. The molecule has 0 fully saturated rings. The van der Waals surface area contributed by atoms with E-state index in [1.54, 1.807) is 4.68 Å². The third-order valence-electron chi connectivity index (χ3n) is 3.92. The van der Waals surface area contributed by atoms with Crippen LogP contribution in [0.25, 0.3) is 0 Å². The molecule has 0 bridgehead atoms. The fourth-order valence-electron chi connectivity index (χ4n) is 2.95. The van der Waals surface area contributed by atoms with E-state index in [-0.39, 0.29) is 0 Å². The monoisotopic (exact) mass is 274 g/mol. The summed E-state index contributed by atoms with van der Waals surface area (Å²) in [6, 6.07) is 0. The summed E-state index contributed by atoms with van der Waals surface area (Å²) < 4.78 is 4.03. The molecule has 0 aromatic carbocycles. The van der Waals surface area contributed by atoms with Crippen molar-refractivity contribution in [2.24, 2.45) is 14.1 Å². The number of fused-ring (bicyclic) bond motifs is 1. The lowest BCUT2D eigenvalue weighted by molar-refractivity contribution is 0.237. The van der Waals surface area contributed by atoms with Gasteiger partial charge in [0.05, 0.1) is 11.4 Å². The fourth-order valence-corrected chi connectivity index (χ4v) is 2.95. The Morgan fingerprint density at radius 2 is 2.10 bits per heavy atom. The van der Waals surface area contributed by atoms with E-state index in [1.165, 1.54) is 17.2 Å². The van der Waals surface area contributed by atoms with Crippen LogP contribution in [0.5, 0.6) is 0 Å². The predicted octanol–water partition coefficient (Wildman–Crippen LogP) is 1.23. The van der Waals surface area contributed by atoms with Crippen molar-refractivity contribution in [3.63, 3.8) is 0 Å². The number of rotatable bonds is 3. The molecule has 2 aromatic rings. The fraction of sp³-hybridized carbons (Fsp3) is 0.643. The van der Waals surface area contributed by atoms with Crippen LogP contribution in [0.3, 0.4) is 0 Å². The van der Waals surface area contributed by atoms with Gasteiger partial charge in [-0.1, -0.05) is 19.1 Å². The summed E-state index contributed by atoms with van der Waals surface area (Å²) in [5.41, 5.74) is 3.64. The van der Waals surface area contributed by atoms with Crippen LogP contribution in [0, 0.1) is 0 Å². The maximum Gasteiger partial charge on any atom is 0.111 e. The standard InChI is InChI=1S/C14H22N6/c1-10(2)14-15-12-9-20(6-5-13(12)19(14)4)8-11-7-18(3)17-16-11/h7,10H,5-6,8-9H2,1-4H3. The number of aryl methyl sites for hydroxylation is 1. The summed E-state index contributed by atoms with van der Waals surface area (Å²) in [5, 5.41) is 8.15. The molecule has 0 radical (unpaired) electrons. The van der Waals surface area contributed by atoms with E-state index in [2.05, 4.69) is 40.7 Å². The van der Waals surface area contributed by atoms with Crippen molar-refractivity contribution in [3.8, 4) is 0 Å². The van der Waals surface area contributed by atoms with Gasteiger partial charge in [0.25, 0.3) is 0 Å². The highest BCUT2D eigenvalue weighted by atomic mass is 15.4. The summed E-state index contributed by atoms with van der Waals surface area (Å²) in [7, 11) is 4.04. The second-order valence-electron chi connectivity index (χ2n) is 5.92. The van der Waals surface area contributed by atoms with Crippen LogP contribution < -0.4 is 0 Å². The number of aromatic nitrogens is 5. The summed E-state index contributed by atoms with van der Waals surface area (Å²) in [6.07, 6.45) is 3.04. The van der Waals surface area contributed by atoms with Gasteiger partial charge in [0.2, 0.25) is 0 Å². The lowest BCUT2D eigenvalue weighted by Crippen LogP contribution is -2.30. The molecule has 0 amide bonds. The Balaban J connectivity index is 1.76. The average Bonchev–Trinajstić information content (AvgIpc) is 2.94. The lowest BCUT2D eigenvalue weighted by atomic mass is 10.1. The van der Waals surface area contributed by atoms with Gasteiger partial charge in [-0.05, 0) is 0 Å². The third kappa shape index (κ3) is 2.35. The molecule has 0 spiro atoms. The van der Waals surface area contributed by atoms with E-state index in [9.17, 15) is 0 Å². The Hall–Kier alpha value is -1.69. The summed E-state index contributed by atoms with van der Waals surface area (Å²) >= 11 is 0. The molecule has 0 unspecified atom stereocenters. The van der Waals surface area contributed by atoms with Gasteiger partial charge in [-0.25, -0.2) is 4.98 Å². The molecule has 0 atom stereocenters. The highest BCUT2D eigenvalue weighted by Gasteiger charge is 2.23. The molecule has 6 heteroatoms. The van der Waals surface area contributed by atoms with Gasteiger partial charge in [0, 0.05) is 58.0 Å². The normalized spacial score (nSPS) is 15.8. The zero-order valence-corrected chi connectivity index (χ0v) is 12.7. The van der Waals surface area contributed by atoms with Crippen LogP contribution in [-0.4, -0.2) is 36.0 Å². The highest BCUT2D eigenvalue weighted by Crippen LogP contribution is 2.23.